The molecular formula is C17H17NO. The average molecular weight is 251 g/mol. The molecule has 1 fully saturated rings. The Morgan fingerprint density at radius 1 is 1.11 bits per heavy atom. The second-order valence-electron chi connectivity index (χ2n) is 5.54. The van der Waals surface area contributed by atoms with E-state index in [2.05, 4.69) is 42.5 Å². The number of nitrogen functional groups attached to an aromatic ring is 1. The molecule has 2 bridgehead atoms. The molecular weight excluding hydrogens is 234 g/mol. The largest absolute Gasteiger partial charge is 0.399 e. The van der Waals surface area contributed by atoms with Crippen LogP contribution in [0.4, 0.5) is 5.69 Å². The maximum Gasteiger partial charge on any atom is 0.119 e. The van der Waals surface area contributed by atoms with Crippen LogP contribution in [-0.4, -0.2) is 0 Å². The first kappa shape index (κ1) is 11.1. The summed E-state index contributed by atoms with van der Waals surface area (Å²) < 4.78 is 6.44. The third-order valence-electron chi connectivity index (χ3n) is 4.44. The Hall–Kier alpha value is -1.80. The van der Waals surface area contributed by atoms with Gasteiger partial charge >= 0.3 is 0 Å². The Labute approximate surface area is 113 Å². The van der Waals surface area contributed by atoms with Crippen LogP contribution < -0.4 is 5.73 Å². The van der Waals surface area contributed by atoms with Crippen LogP contribution in [-0.2, 0) is 10.3 Å². The minimum absolute atomic E-state index is 0.215. The number of rotatable bonds is 1. The van der Waals surface area contributed by atoms with Crippen molar-refractivity contribution in [3.8, 4) is 0 Å². The Kier molecular flexibility index (Phi) is 2.24. The summed E-state index contributed by atoms with van der Waals surface area (Å²) in [6.07, 6.45) is 3.58. The van der Waals surface area contributed by atoms with Crippen LogP contribution in [0.15, 0.2) is 48.5 Å². The Bertz CT molecular complexity index is 622. The Morgan fingerprint density at radius 3 is 2.79 bits per heavy atom. The summed E-state index contributed by atoms with van der Waals surface area (Å²) in [4.78, 5) is 0. The lowest BCUT2D eigenvalue weighted by atomic mass is 9.83. The number of anilines is 1. The highest BCUT2D eigenvalue weighted by Gasteiger charge is 2.48. The van der Waals surface area contributed by atoms with Crippen LogP contribution in [0.5, 0.6) is 0 Å². The van der Waals surface area contributed by atoms with Gasteiger partial charge in [-0.3, -0.25) is 0 Å². The van der Waals surface area contributed by atoms with Gasteiger partial charge in [-0.15, -0.1) is 0 Å². The summed E-state index contributed by atoms with van der Waals surface area (Å²) in [5.74, 6) is 0. The molecule has 2 aromatic carbocycles. The molecule has 0 radical (unpaired) electrons. The number of hydrogen-bond donors (Lipinski definition) is 1. The molecule has 2 atom stereocenters. The van der Waals surface area contributed by atoms with E-state index in [0.717, 1.165) is 18.5 Å². The fourth-order valence-corrected chi connectivity index (χ4v) is 3.60. The fourth-order valence-electron chi connectivity index (χ4n) is 3.60. The third kappa shape index (κ3) is 1.47. The number of ether oxygens (including phenoxy) is 1. The zero-order chi connectivity index (χ0) is 12.9. The van der Waals surface area contributed by atoms with Crippen LogP contribution in [0.2, 0.25) is 0 Å². The number of nitrogens with two attached hydrogens (primary N) is 1. The maximum absolute atomic E-state index is 6.44. The van der Waals surface area contributed by atoms with Gasteiger partial charge in [-0.05, 0) is 48.1 Å². The molecule has 0 amide bonds. The molecule has 2 N–H and O–H groups in total. The van der Waals surface area contributed by atoms with E-state index in [1.54, 1.807) is 0 Å². The normalized spacial score (nSPS) is 28.1. The Morgan fingerprint density at radius 2 is 1.95 bits per heavy atom. The first-order chi connectivity index (χ1) is 9.29. The molecule has 4 rings (SSSR count). The summed E-state index contributed by atoms with van der Waals surface area (Å²) >= 11 is 0. The van der Waals surface area contributed by atoms with Crippen molar-refractivity contribution in [2.75, 3.05) is 5.73 Å². The summed E-state index contributed by atoms with van der Waals surface area (Å²) in [6.45, 7) is 0. The topological polar surface area (TPSA) is 35.2 Å². The highest BCUT2D eigenvalue weighted by molar-refractivity contribution is 5.53. The molecule has 1 saturated heterocycles. The van der Waals surface area contributed by atoms with Gasteiger partial charge in [0.25, 0.3) is 0 Å². The molecule has 0 aliphatic carbocycles. The summed E-state index contributed by atoms with van der Waals surface area (Å²) in [7, 11) is 0. The zero-order valence-electron chi connectivity index (χ0n) is 10.8. The fraction of sp³-hybridized carbons (Fsp3) is 0.294. The Balaban J connectivity index is 1.95. The standard InChI is InChI=1S/C17H17NO/c18-13-8-9-15-14(11-13)16-7-4-10-17(15,19-16)12-5-2-1-3-6-12/h1-3,5-6,8-9,11,16H,4,7,10,18H2. The second kappa shape index (κ2) is 3.84. The molecule has 0 saturated carbocycles. The van der Waals surface area contributed by atoms with Gasteiger partial charge in [0.05, 0.1) is 6.10 Å². The predicted octanol–water partition coefficient (Wildman–Crippen LogP) is 3.77. The van der Waals surface area contributed by atoms with E-state index < -0.39 is 0 Å². The van der Waals surface area contributed by atoms with Crippen molar-refractivity contribution in [1.29, 1.82) is 0 Å². The maximum atomic E-state index is 6.44. The van der Waals surface area contributed by atoms with E-state index in [1.165, 1.54) is 23.1 Å². The van der Waals surface area contributed by atoms with Crippen LogP contribution in [0.1, 0.15) is 42.1 Å². The van der Waals surface area contributed by atoms with Crippen molar-refractivity contribution >= 4 is 5.69 Å². The van der Waals surface area contributed by atoms with Crippen LogP contribution in [0, 0.1) is 0 Å². The van der Waals surface area contributed by atoms with Crippen LogP contribution >= 0.6 is 0 Å². The zero-order valence-corrected chi connectivity index (χ0v) is 10.8. The molecule has 19 heavy (non-hydrogen) atoms. The number of fused-ring (bicyclic) bond motifs is 5. The molecule has 2 heteroatoms. The first-order valence-corrected chi connectivity index (χ1v) is 6.93. The molecule has 2 aromatic rings. The second-order valence-corrected chi connectivity index (χ2v) is 5.54. The van der Waals surface area contributed by atoms with Crippen LogP contribution in [0.25, 0.3) is 0 Å². The lowest BCUT2D eigenvalue weighted by Crippen LogP contribution is -2.30. The highest BCUT2D eigenvalue weighted by atomic mass is 16.5. The van der Waals surface area contributed by atoms with Gasteiger partial charge in [0.2, 0.25) is 0 Å². The van der Waals surface area contributed by atoms with Crippen molar-refractivity contribution in [2.24, 2.45) is 0 Å². The summed E-state index contributed by atoms with van der Waals surface area (Å²) in [5, 5.41) is 0. The number of hydrogen-bond acceptors (Lipinski definition) is 2. The van der Waals surface area contributed by atoms with E-state index in [-0.39, 0.29) is 11.7 Å². The highest BCUT2D eigenvalue weighted by Crippen LogP contribution is 2.55. The van der Waals surface area contributed by atoms with Crippen molar-refractivity contribution in [3.05, 3.63) is 65.2 Å². The molecule has 2 nitrogen and oxygen atoms in total. The van der Waals surface area contributed by atoms with Gasteiger partial charge < -0.3 is 10.5 Å². The minimum Gasteiger partial charge on any atom is -0.399 e. The predicted molar refractivity (Wildman–Crippen MR) is 75.8 cm³/mol. The van der Waals surface area contributed by atoms with Gasteiger partial charge in [0, 0.05) is 5.69 Å². The SMILES string of the molecule is Nc1ccc2c(c1)C1CCCC2(c2ccccc2)O1. The monoisotopic (exact) mass is 251 g/mol. The van der Waals surface area contributed by atoms with Crippen LogP contribution in [0.3, 0.4) is 0 Å². The number of benzene rings is 2. The summed E-state index contributed by atoms with van der Waals surface area (Å²) in [6, 6.07) is 16.8. The van der Waals surface area contributed by atoms with Gasteiger partial charge in [0.1, 0.15) is 5.60 Å². The molecule has 96 valence electrons. The quantitative estimate of drug-likeness (QED) is 0.783. The van der Waals surface area contributed by atoms with E-state index in [0.29, 0.717) is 0 Å². The van der Waals surface area contributed by atoms with Gasteiger partial charge in [-0.25, -0.2) is 0 Å². The van der Waals surface area contributed by atoms with Gasteiger partial charge in [-0.1, -0.05) is 36.4 Å². The summed E-state index contributed by atoms with van der Waals surface area (Å²) in [5.41, 5.74) is 10.4. The van der Waals surface area contributed by atoms with Crippen molar-refractivity contribution in [2.45, 2.75) is 31.0 Å². The minimum atomic E-state index is -0.243. The van der Waals surface area contributed by atoms with E-state index in [4.69, 9.17) is 10.5 Å². The molecule has 0 spiro atoms. The lowest BCUT2D eigenvalue weighted by molar-refractivity contribution is -0.0859. The average Bonchev–Trinajstić information content (AvgIpc) is 2.69. The molecule has 2 unspecified atom stereocenters. The molecule has 2 heterocycles. The first-order valence-electron chi connectivity index (χ1n) is 6.93. The molecule has 0 aromatic heterocycles. The van der Waals surface area contributed by atoms with Crippen molar-refractivity contribution < 1.29 is 4.74 Å². The van der Waals surface area contributed by atoms with Crippen molar-refractivity contribution in [3.63, 3.8) is 0 Å². The van der Waals surface area contributed by atoms with Gasteiger partial charge in [-0.2, -0.15) is 0 Å². The van der Waals surface area contributed by atoms with E-state index in [1.807, 2.05) is 6.07 Å². The molecule has 2 aliphatic rings. The van der Waals surface area contributed by atoms with E-state index in [9.17, 15) is 0 Å². The smallest absolute Gasteiger partial charge is 0.119 e. The molecule has 2 aliphatic heterocycles. The van der Waals surface area contributed by atoms with Crippen molar-refractivity contribution in [1.82, 2.24) is 0 Å². The lowest BCUT2D eigenvalue weighted by Gasteiger charge is -2.34. The van der Waals surface area contributed by atoms with E-state index >= 15 is 0 Å². The third-order valence-corrected chi connectivity index (χ3v) is 4.44. The van der Waals surface area contributed by atoms with Gasteiger partial charge in [0.15, 0.2) is 0 Å².